The second kappa shape index (κ2) is 5.53. The lowest BCUT2D eigenvalue weighted by Gasteiger charge is -1.97. The Morgan fingerprint density at radius 2 is 2.32 bits per heavy atom. The minimum atomic E-state index is -0.766. The van der Waals surface area contributed by atoms with Gasteiger partial charge in [-0.15, -0.1) is 0 Å². The van der Waals surface area contributed by atoms with Crippen LogP contribution in [0.5, 0.6) is 0 Å². The molecule has 2 rings (SSSR count). The van der Waals surface area contributed by atoms with Crippen LogP contribution in [0.25, 0.3) is 11.5 Å². The zero-order chi connectivity index (χ0) is 13.8. The van der Waals surface area contributed by atoms with E-state index in [1.165, 1.54) is 12.1 Å². The standard InChI is InChI=1S/C11H11FN4O3/c1-13-5-4-10-14-11(19-15-10)8-3-2-7(16(17)18)6-9(8)12/h2-3,6,13H,4-5H2,1H3. The number of aromatic nitrogens is 2. The van der Waals surface area contributed by atoms with Crippen LogP contribution in [-0.4, -0.2) is 28.7 Å². The number of halogens is 1. The van der Waals surface area contributed by atoms with Gasteiger partial charge in [-0.3, -0.25) is 10.1 Å². The Morgan fingerprint density at radius 3 is 2.95 bits per heavy atom. The third kappa shape index (κ3) is 2.91. The molecule has 0 bridgehead atoms. The van der Waals surface area contributed by atoms with Crippen LogP contribution in [0.4, 0.5) is 10.1 Å². The first-order chi connectivity index (χ1) is 9.11. The summed E-state index contributed by atoms with van der Waals surface area (Å²) < 4.78 is 18.6. The second-order valence-electron chi connectivity index (χ2n) is 3.79. The summed E-state index contributed by atoms with van der Waals surface area (Å²) in [6.07, 6.45) is 0.550. The van der Waals surface area contributed by atoms with Gasteiger partial charge in [-0.05, 0) is 13.1 Å². The third-order valence-corrected chi connectivity index (χ3v) is 2.46. The average molecular weight is 266 g/mol. The molecule has 0 aliphatic rings. The van der Waals surface area contributed by atoms with Crippen LogP contribution in [0.15, 0.2) is 22.7 Å². The highest BCUT2D eigenvalue weighted by atomic mass is 19.1. The Balaban J connectivity index is 2.26. The van der Waals surface area contributed by atoms with Crippen LogP contribution in [0.1, 0.15) is 5.82 Å². The maximum absolute atomic E-state index is 13.7. The van der Waals surface area contributed by atoms with Crippen LogP contribution < -0.4 is 5.32 Å². The van der Waals surface area contributed by atoms with Gasteiger partial charge in [0.1, 0.15) is 5.82 Å². The van der Waals surface area contributed by atoms with Gasteiger partial charge in [0.2, 0.25) is 0 Å². The molecule has 19 heavy (non-hydrogen) atoms. The van der Waals surface area contributed by atoms with Gasteiger partial charge in [0.15, 0.2) is 5.82 Å². The number of benzene rings is 1. The summed E-state index contributed by atoms with van der Waals surface area (Å²) in [4.78, 5) is 13.9. The van der Waals surface area contributed by atoms with E-state index >= 15 is 0 Å². The van der Waals surface area contributed by atoms with E-state index in [0.717, 1.165) is 6.07 Å². The first-order valence-electron chi connectivity index (χ1n) is 5.53. The molecule has 1 aromatic carbocycles. The van der Waals surface area contributed by atoms with Crippen LogP contribution >= 0.6 is 0 Å². The van der Waals surface area contributed by atoms with Crippen molar-refractivity contribution < 1.29 is 13.8 Å². The molecule has 0 aliphatic carbocycles. The van der Waals surface area contributed by atoms with Gasteiger partial charge in [0.25, 0.3) is 11.6 Å². The normalized spacial score (nSPS) is 10.6. The Labute approximate surface area is 107 Å². The lowest BCUT2D eigenvalue weighted by molar-refractivity contribution is -0.385. The average Bonchev–Trinajstić information content (AvgIpc) is 2.84. The molecule has 0 fully saturated rings. The lowest BCUT2D eigenvalue weighted by atomic mass is 10.2. The summed E-state index contributed by atoms with van der Waals surface area (Å²) in [7, 11) is 1.79. The summed E-state index contributed by atoms with van der Waals surface area (Å²) in [5, 5.41) is 17.1. The number of non-ortho nitro benzene ring substituents is 1. The largest absolute Gasteiger partial charge is 0.334 e. The van der Waals surface area contributed by atoms with Crippen molar-refractivity contribution in [1.29, 1.82) is 0 Å². The number of likely N-dealkylation sites (N-methyl/N-ethyl adjacent to an activating group) is 1. The van der Waals surface area contributed by atoms with Crippen molar-refractivity contribution >= 4 is 5.69 Å². The first kappa shape index (κ1) is 13.1. The van der Waals surface area contributed by atoms with Crippen molar-refractivity contribution in [3.63, 3.8) is 0 Å². The topological polar surface area (TPSA) is 94.1 Å². The van der Waals surface area contributed by atoms with Crippen molar-refractivity contribution in [2.24, 2.45) is 0 Å². The van der Waals surface area contributed by atoms with E-state index in [1.807, 2.05) is 0 Å². The number of nitrogens with one attached hydrogen (secondary N) is 1. The molecular weight excluding hydrogens is 255 g/mol. The summed E-state index contributed by atoms with van der Waals surface area (Å²) in [6.45, 7) is 0.668. The van der Waals surface area contributed by atoms with E-state index in [-0.39, 0.29) is 17.1 Å². The summed E-state index contributed by atoms with van der Waals surface area (Å²) >= 11 is 0. The molecule has 0 saturated carbocycles. The molecule has 1 heterocycles. The molecule has 0 amide bonds. The smallest absolute Gasteiger partial charge is 0.272 e. The van der Waals surface area contributed by atoms with Gasteiger partial charge < -0.3 is 9.84 Å². The van der Waals surface area contributed by atoms with Gasteiger partial charge in [0.05, 0.1) is 16.6 Å². The van der Waals surface area contributed by atoms with Crippen LogP contribution in [0.2, 0.25) is 0 Å². The number of hydrogen-bond acceptors (Lipinski definition) is 6. The molecule has 0 saturated heterocycles. The SMILES string of the molecule is CNCCc1noc(-c2ccc([N+](=O)[O-])cc2F)n1. The predicted octanol–water partition coefficient (Wildman–Crippen LogP) is 1.55. The molecule has 0 aliphatic heterocycles. The molecule has 8 heteroatoms. The lowest BCUT2D eigenvalue weighted by Crippen LogP contribution is -2.11. The third-order valence-electron chi connectivity index (χ3n) is 2.46. The molecule has 0 unspecified atom stereocenters. The Bertz CT molecular complexity index is 599. The quantitative estimate of drug-likeness (QED) is 0.651. The van der Waals surface area contributed by atoms with Crippen LogP contribution in [0, 0.1) is 15.9 Å². The van der Waals surface area contributed by atoms with E-state index in [2.05, 4.69) is 15.5 Å². The molecule has 1 N–H and O–H groups in total. The zero-order valence-corrected chi connectivity index (χ0v) is 10.1. The predicted molar refractivity (Wildman–Crippen MR) is 64.0 cm³/mol. The minimum Gasteiger partial charge on any atom is -0.334 e. The van der Waals surface area contributed by atoms with E-state index in [9.17, 15) is 14.5 Å². The Morgan fingerprint density at radius 1 is 1.53 bits per heavy atom. The molecule has 0 atom stereocenters. The summed E-state index contributed by atoms with van der Waals surface area (Å²) in [6, 6.07) is 3.27. The van der Waals surface area contributed by atoms with E-state index in [0.29, 0.717) is 18.8 Å². The molecular formula is C11H11FN4O3. The minimum absolute atomic E-state index is 0.0125. The van der Waals surface area contributed by atoms with Crippen molar-refractivity contribution in [1.82, 2.24) is 15.5 Å². The fourth-order valence-electron chi connectivity index (χ4n) is 1.49. The maximum atomic E-state index is 13.7. The van der Waals surface area contributed by atoms with Crippen molar-refractivity contribution in [2.45, 2.75) is 6.42 Å². The number of rotatable bonds is 5. The van der Waals surface area contributed by atoms with Gasteiger partial charge in [-0.2, -0.15) is 4.98 Å². The fraction of sp³-hybridized carbons (Fsp3) is 0.273. The number of nitro benzene ring substituents is 1. The van der Waals surface area contributed by atoms with Crippen molar-refractivity contribution in [3.05, 3.63) is 40.0 Å². The Kier molecular flexibility index (Phi) is 3.81. The monoisotopic (exact) mass is 266 g/mol. The molecule has 100 valence electrons. The highest BCUT2D eigenvalue weighted by Gasteiger charge is 2.16. The van der Waals surface area contributed by atoms with Gasteiger partial charge in [-0.25, -0.2) is 4.39 Å². The molecule has 7 nitrogen and oxygen atoms in total. The number of nitrogens with zero attached hydrogens (tertiary/aromatic N) is 3. The Hall–Kier alpha value is -2.35. The van der Waals surface area contributed by atoms with Crippen molar-refractivity contribution in [2.75, 3.05) is 13.6 Å². The highest BCUT2D eigenvalue weighted by Crippen LogP contribution is 2.24. The first-order valence-corrected chi connectivity index (χ1v) is 5.53. The highest BCUT2D eigenvalue weighted by molar-refractivity contribution is 5.56. The molecule has 1 aromatic heterocycles. The summed E-state index contributed by atoms with van der Waals surface area (Å²) in [5.74, 6) is -0.307. The van der Waals surface area contributed by atoms with Gasteiger partial charge in [0, 0.05) is 19.0 Å². The zero-order valence-electron chi connectivity index (χ0n) is 10.1. The van der Waals surface area contributed by atoms with Crippen molar-refractivity contribution in [3.8, 4) is 11.5 Å². The van der Waals surface area contributed by atoms with E-state index in [1.54, 1.807) is 7.05 Å². The van der Waals surface area contributed by atoms with Crippen LogP contribution in [0.3, 0.4) is 0 Å². The number of hydrogen-bond donors (Lipinski definition) is 1. The van der Waals surface area contributed by atoms with E-state index < -0.39 is 10.7 Å². The van der Waals surface area contributed by atoms with E-state index in [4.69, 9.17) is 4.52 Å². The second-order valence-corrected chi connectivity index (χ2v) is 3.79. The molecule has 0 radical (unpaired) electrons. The van der Waals surface area contributed by atoms with Gasteiger partial charge in [-0.1, -0.05) is 5.16 Å². The molecule has 2 aromatic rings. The van der Waals surface area contributed by atoms with Gasteiger partial charge >= 0.3 is 0 Å². The fourth-order valence-corrected chi connectivity index (χ4v) is 1.49. The van der Waals surface area contributed by atoms with Crippen LogP contribution in [-0.2, 0) is 6.42 Å². The summed E-state index contributed by atoms with van der Waals surface area (Å²) in [5.41, 5.74) is -0.273. The maximum Gasteiger partial charge on any atom is 0.272 e. The number of nitro groups is 1. The molecule has 0 spiro atoms.